The smallest absolute Gasteiger partial charge is 0.423 e. The molecule has 0 saturated heterocycles. The molecule has 0 unspecified atom stereocenters. The van der Waals surface area contributed by atoms with Crippen LogP contribution in [0.5, 0.6) is 0 Å². The number of carbonyl (C=O) groups is 1. The van der Waals surface area contributed by atoms with Crippen LogP contribution in [-0.4, -0.2) is 23.1 Å². The standard InChI is InChI=1S/C7H7BBrNO3/c9-6-2-4(7(10)11)1-5(3-6)8(12)13/h1-3,12-13H,(H2,10,11). The van der Waals surface area contributed by atoms with E-state index in [0.29, 0.717) is 4.47 Å². The molecule has 1 aromatic carbocycles. The Kier molecular flexibility index (Phi) is 3.08. The van der Waals surface area contributed by atoms with Gasteiger partial charge in [-0.2, -0.15) is 0 Å². The Morgan fingerprint density at radius 2 is 2.00 bits per heavy atom. The average Bonchev–Trinajstić information content (AvgIpc) is 2.03. The predicted molar refractivity (Wildman–Crippen MR) is 52.5 cm³/mol. The molecule has 13 heavy (non-hydrogen) atoms. The molecule has 0 aromatic heterocycles. The molecule has 6 heteroatoms. The van der Waals surface area contributed by atoms with E-state index in [0.717, 1.165) is 0 Å². The highest BCUT2D eigenvalue weighted by Crippen LogP contribution is 2.10. The molecule has 68 valence electrons. The summed E-state index contributed by atoms with van der Waals surface area (Å²) in [6.45, 7) is 0. The van der Waals surface area contributed by atoms with Crippen molar-refractivity contribution in [3.05, 3.63) is 28.2 Å². The minimum atomic E-state index is -1.60. The highest BCUT2D eigenvalue weighted by molar-refractivity contribution is 9.10. The van der Waals surface area contributed by atoms with E-state index in [1.807, 2.05) is 0 Å². The van der Waals surface area contributed by atoms with Crippen LogP contribution in [0.1, 0.15) is 10.4 Å². The first-order valence-electron chi connectivity index (χ1n) is 3.47. The van der Waals surface area contributed by atoms with Crippen molar-refractivity contribution >= 4 is 34.4 Å². The van der Waals surface area contributed by atoms with Crippen LogP contribution in [0.4, 0.5) is 0 Å². The van der Waals surface area contributed by atoms with Crippen molar-refractivity contribution in [3.63, 3.8) is 0 Å². The zero-order valence-electron chi connectivity index (χ0n) is 6.57. The van der Waals surface area contributed by atoms with E-state index in [4.69, 9.17) is 15.8 Å². The number of rotatable bonds is 2. The van der Waals surface area contributed by atoms with Crippen molar-refractivity contribution in [2.24, 2.45) is 5.73 Å². The summed E-state index contributed by atoms with van der Waals surface area (Å²) in [5.41, 5.74) is 5.49. The third kappa shape index (κ3) is 2.55. The summed E-state index contributed by atoms with van der Waals surface area (Å²) >= 11 is 3.12. The maximum atomic E-state index is 10.8. The number of nitrogens with two attached hydrogens (primary N) is 1. The number of hydrogen-bond donors (Lipinski definition) is 3. The molecule has 0 atom stereocenters. The van der Waals surface area contributed by atoms with Gasteiger partial charge in [0.25, 0.3) is 0 Å². The molecule has 0 radical (unpaired) electrons. The van der Waals surface area contributed by atoms with Gasteiger partial charge in [-0.15, -0.1) is 0 Å². The number of primary amides is 1. The third-order valence-electron chi connectivity index (χ3n) is 1.50. The van der Waals surface area contributed by atoms with Gasteiger partial charge >= 0.3 is 7.12 Å². The fourth-order valence-electron chi connectivity index (χ4n) is 0.904. The van der Waals surface area contributed by atoms with Gasteiger partial charge in [0.05, 0.1) is 0 Å². The maximum absolute atomic E-state index is 10.8. The highest BCUT2D eigenvalue weighted by atomic mass is 79.9. The summed E-state index contributed by atoms with van der Waals surface area (Å²) in [6.07, 6.45) is 0. The quantitative estimate of drug-likeness (QED) is 0.597. The molecule has 0 fully saturated rings. The molecule has 0 spiro atoms. The van der Waals surface area contributed by atoms with Crippen LogP contribution in [0.2, 0.25) is 0 Å². The van der Waals surface area contributed by atoms with Gasteiger partial charge in [-0.3, -0.25) is 4.79 Å². The van der Waals surface area contributed by atoms with Crippen molar-refractivity contribution in [3.8, 4) is 0 Å². The number of halogens is 1. The van der Waals surface area contributed by atoms with Gasteiger partial charge in [0, 0.05) is 10.0 Å². The van der Waals surface area contributed by atoms with Gasteiger partial charge < -0.3 is 15.8 Å². The molecule has 0 aliphatic heterocycles. The van der Waals surface area contributed by atoms with E-state index in [2.05, 4.69) is 15.9 Å². The van der Waals surface area contributed by atoms with E-state index < -0.39 is 13.0 Å². The average molecular weight is 244 g/mol. The van der Waals surface area contributed by atoms with Gasteiger partial charge in [0.2, 0.25) is 5.91 Å². The summed E-state index contributed by atoms with van der Waals surface area (Å²) in [5.74, 6) is -0.608. The normalized spacial score (nSPS) is 9.77. The number of hydrogen-bond acceptors (Lipinski definition) is 3. The first-order valence-corrected chi connectivity index (χ1v) is 4.26. The van der Waals surface area contributed by atoms with E-state index in [9.17, 15) is 4.79 Å². The lowest BCUT2D eigenvalue weighted by Gasteiger charge is -2.02. The summed E-state index contributed by atoms with van der Waals surface area (Å²) in [6, 6.07) is 4.34. The van der Waals surface area contributed by atoms with Crippen LogP contribution < -0.4 is 11.2 Å². The van der Waals surface area contributed by atoms with Gasteiger partial charge in [0.1, 0.15) is 0 Å². The van der Waals surface area contributed by atoms with Crippen LogP contribution in [0, 0.1) is 0 Å². The van der Waals surface area contributed by atoms with E-state index >= 15 is 0 Å². The lowest BCUT2D eigenvalue weighted by atomic mass is 9.79. The first-order chi connectivity index (χ1) is 6.00. The molecule has 1 aromatic rings. The fourth-order valence-corrected chi connectivity index (χ4v) is 1.41. The largest absolute Gasteiger partial charge is 0.488 e. The molecular weight excluding hydrogens is 237 g/mol. The molecule has 4 nitrogen and oxygen atoms in total. The topological polar surface area (TPSA) is 83.6 Å². The Morgan fingerprint density at radius 1 is 1.38 bits per heavy atom. The Balaban J connectivity index is 3.19. The number of carbonyl (C=O) groups excluding carboxylic acids is 1. The van der Waals surface area contributed by atoms with Gasteiger partial charge in [-0.05, 0) is 23.7 Å². The van der Waals surface area contributed by atoms with Crippen LogP contribution in [0.3, 0.4) is 0 Å². The van der Waals surface area contributed by atoms with Crippen molar-refractivity contribution < 1.29 is 14.8 Å². The maximum Gasteiger partial charge on any atom is 0.488 e. The van der Waals surface area contributed by atoms with Crippen molar-refractivity contribution in [2.45, 2.75) is 0 Å². The SMILES string of the molecule is NC(=O)c1cc(Br)cc(B(O)O)c1. The van der Waals surface area contributed by atoms with Gasteiger partial charge in [-0.25, -0.2) is 0 Å². The Morgan fingerprint density at radius 3 is 2.46 bits per heavy atom. The second-order valence-electron chi connectivity index (χ2n) is 2.51. The van der Waals surface area contributed by atoms with E-state index in [1.165, 1.54) is 18.2 Å². The summed E-state index contributed by atoms with van der Waals surface area (Å²) in [5, 5.41) is 17.7. The van der Waals surface area contributed by atoms with Gasteiger partial charge in [-0.1, -0.05) is 15.9 Å². The second-order valence-corrected chi connectivity index (χ2v) is 3.43. The molecule has 0 heterocycles. The van der Waals surface area contributed by atoms with E-state index in [-0.39, 0.29) is 11.0 Å². The molecule has 0 aliphatic carbocycles. The van der Waals surface area contributed by atoms with Crippen molar-refractivity contribution in [2.75, 3.05) is 0 Å². The van der Waals surface area contributed by atoms with Gasteiger partial charge in [0.15, 0.2) is 0 Å². The minimum Gasteiger partial charge on any atom is -0.423 e. The molecule has 0 saturated carbocycles. The van der Waals surface area contributed by atoms with Crippen molar-refractivity contribution in [1.82, 2.24) is 0 Å². The lowest BCUT2D eigenvalue weighted by molar-refractivity contribution is 0.100. The Labute approximate surface area is 83.6 Å². The lowest BCUT2D eigenvalue weighted by Crippen LogP contribution is -2.31. The van der Waals surface area contributed by atoms with E-state index in [1.54, 1.807) is 0 Å². The summed E-state index contributed by atoms with van der Waals surface area (Å²) < 4.78 is 0.576. The molecule has 1 rings (SSSR count). The number of benzene rings is 1. The zero-order chi connectivity index (χ0) is 10.0. The zero-order valence-corrected chi connectivity index (χ0v) is 8.15. The predicted octanol–water partition coefficient (Wildman–Crippen LogP) is -0.772. The summed E-state index contributed by atoms with van der Waals surface area (Å²) in [7, 11) is -1.60. The minimum absolute atomic E-state index is 0.225. The number of amides is 1. The van der Waals surface area contributed by atoms with Crippen LogP contribution >= 0.6 is 15.9 Å². The van der Waals surface area contributed by atoms with Crippen LogP contribution in [0.15, 0.2) is 22.7 Å². The Hall–Kier alpha value is -0.845. The second kappa shape index (κ2) is 3.91. The Bertz CT molecular complexity index is 343. The first kappa shape index (κ1) is 10.2. The molecule has 0 aliphatic rings. The fraction of sp³-hybridized carbons (Fsp3) is 0. The third-order valence-corrected chi connectivity index (χ3v) is 1.96. The highest BCUT2D eigenvalue weighted by Gasteiger charge is 2.13. The van der Waals surface area contributed by atoms with Crippen LogP contribution in [0.25, 0.3) is 0 Å². The molecular formula is C7H7BBrNO3. The summed E-state index contributed by atoms with van der Waals surface area (Å²) in [4.78, 5) is 10.8. The van der Waals surface area contributed by atoms with Crippen LogP contribution in [-0.2, 0) is 0 Å². The molecule has 0 bridgehead atoms. The molecule has 4 N–H and O–H groups in total. The molecule has 1 amide bonds. The monoisotopic (exact) mass is 243 g/mol. The van der Waals surface area contributed by atoms with Crippen molar-refractivity contribution in [1.29, 1.82) is 0 Å².